The molecule has 0 radical (unpaired) electrons. The molecule has 0 fully saturated rings. The molecule has 0 atom stereocenters. The van der Waals surface area contributed by atoms with Crippen LogP contribution in [0.3, 0.4) is 0 Å². The number of pyridine rings is 2. The zero-order chi connectivity index (χ0) is 26.5. The third-order valence-corrected chi connectivity index (χ3v) is 5.58. The van der Waals surface area contributed by atoms with E-state index in [0.29, 0.717) is 10.9 Å². The number of nitrogens with one attached hydrogen (secondary N) is 1. The number of rotatable bonds is 4. The van der Waals surface area contributed by atoms with Crippen molar-refractivity contribution in [1.29, 1.82) is 0 Å². The molecule has 0 aliphatic rings. The number of nitrogens with zero attached hydrogens (tertiary/aromatic N) is 2. The van der Waals surface area contributed by atoms with Crippen LogP contribution in [0.2, 0.25) is 0 Å². The first-order valence-electron chi connectivity index (χ1n) is 11.1. The SMILES string of the molecule is Cc1ccc(-c2ccc(F)c3cccnc23)c2ncccc12.O=C(O)CNC(=O)c1c(F)cccc1F. The van der Waals surface area contributed by atoms with Crippen molar-refractivity contribution in [2.24, 2.45) is 0 Å². The summed E-state index contributed by atoms with van der Waals surface area (Å²) in [6.07, 6.45) is 3.47. The number of carboxylic acid groups (broad SMARTS) is 1. The molecule has 2 aromatic heterocycles. The number of amides is 1. The summed E-state index contributed by atoms with van der Waals surface area (Å²) >= 11 is 0. The van der Waals surface area contributed by atoms with Crippen LogP contribution in [0.1, 0.15) is 15.9 Å². The summed E-state index contributed by atoms with van der Waals surface area (Å²) in [5.74, 6) is -4.69. The van der Waals surface area contributed by atoms with Gasteiger partial charge in [0.2, 0.25) is 0 Å². The first kappa shape index (κ1) is 25.3. The Bertz CT molecular complexity index is 1540. The number of aryl methyl sites for hydroxylation is 1. The Morgan fingerprint density at radius 3 is 1.95 bits per heavy atom. The lowest BCUT2D eigenvalue weighted by Gasteiger charge is -2.10. The van der Waals surface area contributed by atoms with Gasteiger partial charge in [-0.3, -0.25) is 19.6 Å². The summed E-state index contributed by atoms with van der Waals surface area (Å²) in [4.78, 5) is 30.1. The Morgan fingerprint density at radius 1 is 0.757 bits per heavy atom. The van der Waals surface area contributed by atoms with E-state index in [9.17, 15) is 22.8 Å². The van der Waals surface area contributed by atoms with Crippen LogP contribution in [0, 0.1) is 24.4 Å². The van der Waals surface area contributed by atoms with Crippen LogP contribution in [0.5, 0.6) is 0 Å². The van der Waals surface area contributed by atoms with E-state index < -0.39 is 35.6 Å². The molecule has 6 nitrogen and oxygen atoms in total. The Kier molecular flexibility index (Phi) is 7.43. The van der Waals surface area contributed by atoms with Gasteiger partial charge in [0.05, 0.1) is 11.0 Å². The normalized spacial score (nSPS) is 10.6. The van der Waals surface area contributed by atoms with E-state index in [1.165, 1.54) is 11.6 Å². The molecule has 1 amide bonds. The predicted octanol–water partition coefficient (Wildman–Crippen LogP) is 5.68. The van der Waals surface area contributed by atoms with Crippen molar-refractivity contribution < 1.29 is 27.9 Å². The second-order valence-corrected chi connectivity index (χ2v) is 8.00. The zero-order valence-corrected chi connectivity index (χ0v) is 19.5. The van der Waals surface area contributed by atoms with Gasteiger partial charge < -0.3 is 10.4 Å². The molecule has 0 spiro atoms. The number of fused-ring (bicyclic) bond motifs is 2. The third-order valence-electron chi connectivity index (χ3n) is 5.58. The summed E-state index contributed by atoms with van der Waals surface area (Å²) < 4.78 is 40.0. The quantitative estimate of drug-likeness (QED) is 0.329. The maximum Gasteiger partial charge on any atom is 0.322 e. The summed E-state index contributed by atoms with van der Waals surface area (Å²) in [5.41, 5.74) is 3.86. The molecule has 0 bridgehead atoms. The molecule has 2 heterocycles. The molecule has 2 N–H and O–H groups in total. The van der Waals surface area contributed by atoms with Crippen molar-refractivity contribution in [2.75, 3.05) is 6.54 Å². The summed E-state index contributed by atoms with van der Waals surface area (Å²) in [5, 5.41) is 11.7. The maximum absolute atomic E-state index is 14.0. The fourth-order valence-corrected chi connectivity index (χ4v) is 3.85. The van der Waals surface area contributed by atoms with Crippen LogP contribution in [-0.2, 0) is 4.79 Å². The van der Waals surface area contributed by atoms with Gasteiger partial charge in [-0.2, -0.15) is 0 Å². The Balaban J connectivity index is 0.000000188. The van der Waals surface area contributed by atoms with E-state index in [0.717, 1.165) is 40.2 Å². The van der Waals surface area contributed by atoms with Gasteiger partial charge in [-0.25, -0.2) is 13.2 Å². The molecular weight excluding hydrogens is 483 g/mol. The standard InChI is InChI=1S/C19H13FN2.C9H7F2NO3/c1-12-6-7-14(18-13(12)4-2-10-21-18)15-8-9-17(20)16-5-3-11-22-19(15)16;10-5-2-1-3-6(11)8(5)9(15)12-4-7(13)14/h2-11H,1H3;1-3H,4H2,(H,12,15)(H,13,14). The third kappa shape index (κ3) is 5.40. The van der Waals surface area contributed by atoms with Crippen LogP contribution < -0.4 is 5.32 Å². The highest BCUT2D eigenvalue weighted by molar-refractivity contribution is 6.03. The van der Waals surface area contributed by atoms with Crippen LogP contribution in [-0.4, -0.2) is 33.5 Å². The average Bonchev–Trinajstić information content (AvgIpc) is 2.89. The number of hydrogen-bond donors (Lipinski definition) is 2. The van der Waals surface area contributed by atoms with Crippen molar-refractivity contribution in [3.05, 3.63) is 108 Å². The number of aliphatic carboxylic acids is 1. The molecular formula is C28H20F3N3O3. The minimum absolute atomic E-state index is 0.253. The lowest BCUT2D eigenvalue weighted by atomic mass is 9.97. The number of carbonyl (C=O) groups is 2. The number of hydrogen-bond acceptors (Lipinski definition) is 4. The Labute approximate surface area is 209 Å². The van der Waals surface area contributed by atoms with E-state index in [4.69, 9.17) is 5.11 Å². The highest BCUT2D eigenvalue weighted by Gasteiger charge is 2.17. The van der Waals surface area contributed by atoms with Crippen molar-refractivity contribution in [1.82, 2.24) is 15.3 Å². The molecule has 37 heavy (non-hydrogen) atoms. The summed E-state index contributed by atoms with van der Waals surface area (Å²) in [7, 11) is 0. The van der Waals surface area contributed by atoms with Crippen LogP contribution >= 0.6 is 0 Å². The molecule has 9 heteroatoms. The molecule has 0 aliphatic heterocycles. The topological polar surface area (TPSA) is 92.2 Å². The van der Waals surface area contributed by atoms with Crippen LogP contribution in [0.25, 0.3) is 32.9 Å². The van der Waals surface area contributed by atoms with Crippen LogP contribution in [0.15, 0.2) is 79.1 Å². The van der Waals surface area contributed by atoms with Gasteiger partial charge in [-0.15, -0.1) is 0 Å². The number of aromatic nitrogens is 2. The average molecular weight is 503 g/mol. The molecule has 5 rings (SSSR count). The summed E-state index contributed by atoms with van der Waals surface area (Å²) in [6.45, 7) is 1.38. The summed E-state index contributed by atoms with van der Waals surface area (Å²) in [6, 6.07) is 17.8. The lowest BCUT2D eigenvalue weighted by molar-refractivity contribution is -0.135. The van der Waals surface area contributed by atoms with E-state index in [1.807, 2.05) is 17.4 Å². The first-order valence-corrected chi connectivity index (χ1v) is 11.1. The number of carbonyl (C=O) groups excluding carboxylic acids is 1. The van der Waals surface area contributed by atoms with Gasteiger partial charge in [-0.1, -0.05) is 24.3 Å². The van der Waals surface area contributed by atoms with Gasteiger partial charge in [0.1, 0.15) is 29.6 Å². The number of benzene rings is 3. The van der Waals surface area contributed by atoms with E-state index in [1.54, 1.807) is 30.6 Å². The van der Waals surface area contributed by atoms with E-state index in [-0.39, 0.29) is 5.82 Å². The number of halogens is 3. The van der Waals surface area contributed by atoms with Crippen molar-refractivity contribution in [2.45, 2.75) is 6.92 Å². The highest BCUT2D eigenvalue weighted by atomic mass is 19.1. The Hall–Kier alpha value is -4.79. The molecule has 3 aromatic carbocycles. The second-order valence-electron chi connectivity index (χ2n) is 8.00. The van der Waals surface area contributed by atoms with Gasteiger partial charge in [0.15, 0.2) is 0 Å². The van der Waals surface area contributed by atoms with Crippen LogP contribution in [0.4, 0.5) is 13.2 Å². The smallest absolute Gasteiger partial charge is 0.322 e. The van der Waals surface area contributed by atoms with Gasteiger partial charge in [-0.05, 0) is 55.0 Å². The Morgan fingerprint density at radius 2 is 1.32 bits per heavy atom. The highest BCUT2D eigenvalue weighted by Crippen LogP contribution is 2.33. The molecule has 0 saturated heterocycles. The van der Waals surface area contributed by atoms with Gasteiger partial charge in [0.25, 0.3) is 5.91 Å². The lowest BCUT2D eigenvalue weighted by Crippen LogP contribution is -2.30. The van der Waals surface area contributed by atoms with Crippen molar-refractivity contribution >= 4 is 33.7 Å². The minimum Gasteiger partial charge on any atom is -0.480 e. The maximum atomic E-state index is 14.0. The fraction of sp³-hybridized carbons (Fsp3) is 0.0714. The van der Waals surface area contributed by atoms with Gasteiger partial charge in [0, 0.05) is 34.3 Å². The number of carboxylic acids is 1. The second kappa shape index (κ2) is 10.9. The predicted molar refractivity (Wildman–Crippen MR) is 134 cm³/mol. The molecule has 0 saturated carbocycles. The van der Waals surface area contributed by atoms with Crippen molar-refractivity contribution in [3.8, 4) is 11.1 Å². The molecule has 0 unspecified atom stereocenters. The monoisotopic (exact) mass is 503 g/mol. The van der Waals surface area contributed by atoms with Gasteiger partial charge >= 0.3 is 5.97 Å². The largest absolute Gasteiger partial charge is 0.480 e. The minimum atomic E-state index is -1.29. The van der Waals surface area contributed by atoms with E-state index >= 15 is 0 Å². The van der Waals surface area contributed by atoms with Crippen molar-refractivity contribution in [3.63, 3.8) is 0 Å². The molecule has 5 aromatic rings. The molecule has 186 valence electrons. The fourth-order valence-electron chi connectivity index (χ4n) is 3.85. The van der Waals surface area contributed by atoms with E-state index in [2.05, 4.69) is 29.0 Å². The first-order chi connectivity index (χ1) is 17.8. The molecule has 0 aliphatic carbocycles. The zero-order valence-electron chi connectivity index (χ0n) is 19.5.